The van der Waals surface area contributed by atoms with Crippen LogP contribution >= 0.6 is 8.61 Å². The average Bonchev–Trinajstić information content (AvgIpc) is 0.918. The van der Waals surface area contributed by atoms with Crippen LogP contribution in [0.1, 0.15) is 0 Å². The van der Waals surface area contributed by atoms with Crippen molar-refractivity contribution in [3.63, 3.8) is 0 Å². The first-order valence-corrected chi connectivity index (χ1v) is 1.32. The van der Waals surface area contributed by atoms with Crippen molar-refractivity contribution < 1.29 is 54.2 Å². The van der Waals surface area contributed by atoms with Crippen LogP contribution in [0, 0.1) is 31.1 Å². The first-order valence-electron chi connectivity index (χ1n) is 0.441. The number of hydrogen-bond acceptors (Lipinski definition) is 1. The Balaban J connectivity index is -0.0000000200. The molecule has 0 aromatic carbocycles. The first kappa shape index (κ1) is 15.9. The summed E-state index contributed by atoms with van der Waals surface area (Å²) in [6, 6.07) is 0. The fourth-order valence-electron chi connectivity index (χ4n) is 0. The summed E-state index contributed by atoms with van der Waals surface area (Å²) in [4.78, 5) is 0. The molecule has 0 unspecified atom stereocenters. The van der Waals surface area contributed by atoms with Gasteiger partial charge in [-0.1, -0.05) is 0 Å². The minimum Gasteiger partial charge on any atom is -0.256 e. The topological polar surface area (TPSA) is 43.1 Å². The molecule has 0 bridgehead atoms. The van der Waals surface area contributed by atoms with E-state index in [-0.39, 0.29) is 58.3 Å². The van der Waals surface area contributed by atoms with Crippen molar-refractivity contribution in [3.8, 4) is 0 Å². The second kappa shape index (κ2) is 17.3. The third kappa shape index (κ3) is 27.0. The normalized spacial score (nSPS) is 4.20. The summed E-state index contributed by atoms with van der Waals surface area (Å²) in [6.45, 7) is 0. The molecule has 1 radical (unpaired) electrons. The van der Waals surface area contributed by atoms with Gasteiger partial charge in [-0.05, 0) is 0 Å². The molecule has 27 valence electrons. The van der Waals surface area contributed by atoms with Gasteiger partial charge in [0.1, 0.15) is 0 Å². The quantitative estimate of drug-likeness (QED) is 0.631. The van der Waals surface area contributed by atoms with Crippen LogP contribution < -0.4 is 5.50 Å². The molecule has 0 heterocycles. The zero-order valence-corrected chi connectivity index (χ0v) is 8.83. The summed E-state index contributed by atoms with van der Waals surface area (Å²) in [5.41, 5.74) is 4.26. The molecule has 0 aromatic rings. The van der Waals surface area contributed by atoms with Crippen molar-refractivity contribution in [3.05, 3.63) is 0 Å². The van der Waals surface area contributed by atoms with Crippen molar-refractivity contribution in [2.45, 2.75) is 0 Å². The van der Waals surface area contributed by atoms with Gasteiger partial charge in [-0.2, -0.15) is 0 Å². The molecule has 0 saturated carbocycles. The molecule has 5 heavy (non-hydrogen) atoms. The largest absolute Gasteiger partial charge is 0.256 e. The average molecular weight is 352 g/mol. The summed E-state index contributed by atoms with van der Waals surface area (Å²) in [7, 11) is -0.333. The smallest absolute Gasteiger partial charge is 0.242 e. The molecule has 0 rings (SSSR count). The van der Waals surface area contributed by atoms with E-state index in [0.29, 0.717) is 0 Å². The van der Waals surface area contributed by atoms with Crippen molar-refractivity contribution in [1.82, 2.24) is 0 Å². The van der Waals surface area contributed by atoms with Gasteiger partial charge in [0.15, 0.2) is 0 Å². The summed E-state index contributed by atoms with van der Waals surface area (Å²) in [6.07, 6.45) is 0. The van der Waals surface area contributed by atoms with Gasteiger partial charge in [0.25, 0.3) is 0 Å². The van der Waals surface area contributed by atoms with Crippen LogP contribution in [0.5, 0.6) is 0 Å². The van der Waals surface area contributed by atoms with Crippen LogP contribution in [0.15, 0.2) is 0 Å². The van der Waals surface area contributed by atoms with Gasteiger partial charge in [0, 0.05) is 49.7 Å². The van der Waals surface area contributed by atoms with Crippen molar-refractivity contribution in [1.29, 1.82) is 0 Å². The Bertz CT molecular complexity index is 19.1. The molecule has 0 amide bonds. The summed E-state index contributed by atoms with van der Waals surface area (Å²) >= 11 is 0. The summed E-state index contributed by atoms with van der Waals surface area (Å²) in [5.74, 6) is 0. The Morgan fingerprint density at radius 2 is 1.60 bits per heavy atom. The van der Waals surface area contributed by atoms with E-state index in [2.05, 4.69) is 5.50 Å². The molecule has 0 aliphatic rings. The number of rotatable bonds is 0. The van der Waals surface area contributed by atoms with Crippen LogP contribution in [0.25, 0.3) is 0 Å². The van der Waals surface area contributed by atoms with Gasteiger partial charge in [-0.15, -0.1) is 0 Å². The molecule has 0 aliphatic heterocycles. The van der Waals surface area contributed by atoms with E-state index in [4.69, 9.17) is 4.57 Å². The molecule has 0 atom stereocenters. The fourth-order valence-corrected chi connectivity index (χ4v) is 0. The molecule has 0 saturated heterocycles. The standard InChI is InChI=1S/H2NOP.U.V/c1-3-2;;/h(H2,1,2);;. The third-order valence-electron chi connectivity index (χ3n) is 0. The van der Waals surface area contributed by atoms with Crippen molar-refractivity contribution in [2.75, 3.05) is 0 Å². The molecule has 0 spiro atoms. The zero-order chi connectivity index (χ0) is 2.71. The molecule has 0 aliphatic carbocycles. The van der Waals surface area contributed by atoms with Crippen LogP contribution in [0.2, 0.25) is 0 Å². The SMILES string of the molecule is NP=O.[U].[V]. The predicted molar refractivity (Wildman–Crippen MR) is 11.8 cm³/mol. The van der Waals surface area contributed by atoms with Gasteiger partial charge in [-0.25, -0.2) is 0 Å². The van der Waals surface area contributed by atoms with E-state index in [0.717, 1.165) is 0 Å². The van der Waals surface area contributed by atoms with E-state index in [1.807, 2.05) is 0 Å². The van der Waals surface area contributed by atoms with Crippen molar-refractivity contribution in [2.24, 2.45) is 5.50 Å². The van der Waals surface area contributed by atoms with Gasteiger partial charge in [0.05, 0.1) is 0 Å². The van der Waals surface area contributed by atoms with Crippen molar-refractivity contribution >= 4 is 8.61 Å². The Hall–Kier alpha value is 1.70. The molecular weight excluding hydrogens is 350 g/mol. The molecular formula is H2NOPUV. The second-order valence-electron chi connectivity index (χ2n) is 0.105. The maximum absolute atomic E-state index is 8.68. The van der Waals surface area contributed by atoms with Gasteiger partial charge >= 0.3 is 0 Å². The Morgan fingerprint density at radius 1 is 1.60 bits per heavy atom. The van der Waals surface area contributed by atoms with E-state index in [9.17, 15) is 0 Å². The second-order valence-corrected chi connectivity index (χ2v) is 0.316. The minimum absolute atomic E-state index is 0. The van der Waals surface area contributed by atoms with Gasteiger partial charge in [0.2, 0.25) is 8.61 Å². The van der Waals surface area contributed by atoms with E-state index < -0.39 is 0 Å². The summed E-state index contributed by atoms with van der Waals surface area (Å²) in [5, 5.41) is 0. The molecule has 0 aromatic heterocycles. The maximum atomic E-state index is 8.68. The van der Waals surface area contributed by atoms with E-state index >= 15 is 0 Å². The van der Waals surface area contributed by atoms with Crippen LogP contribution in [0.4, 0.5) is 0 Å². The van der Waals surface area contributed by atoms with Crippen LogP contribution in [-0.4, -0.2) is 0 Å². The number of hydrogen-bond donors (Lipinski definition) is 1. The van der Waals surface area contributed by atoms with Crippen LogP contribution in [0.3, 0.4) is 0 Å². The maximum Gasteiger partial charge on any atom is 0.242 e. The minimum atomic E-state index is -0.333. The van der Waals surface area contributed by atoms with Gasteiger partial charge < -0.3 is 0 Å². The van der Waals surface area contributed by atoms with Gasteiger partial charge in [-0.3, -0.25) is 10.1 Å². The summed E-state index contributed by atoms with van der Waals surface area (Å²) < 4.78 is 8.68. The zero-order valence-electron chi connectivity index (χ0n) is 2.38. The monoisotopic (exact) mass is 352 g/mol. The number of nitrogens with two attached hydrogens (primary N) is 1. The molecule has 5 heteroatoms. The molecule has 0 fully saturated rings. The predicted octanol–water partition coefficient (Wildman–Crippen LogP) is 0.149. The molecule has 2 N–H and O–H groups in total. The Kier molecular flexibility index (Phi) is 55.0. The van der Waals surface area contributed by atoms with E-state index in [1.54, 1.807) is 0 Å². The third-order valence-corrected chi connectivity index (χ3v) is 0. The first-order chi connectivity index (χ1) is 1.41. The molecule has 2 nitrogen and oxygen atoms in total. The Morgan fingerprint density at radius 3 is 1.60 bits per heavy atom. The Labute approximate surface area is 67.8 Å². The fraction of sp³-hybridized carbons (Fsp3) is 0. The van der Waals surface area contributed by atoms with E-state index in [1.165, 1.54) is 0 Å². The van der Waals surface area contributed by atoms with Crippen LogP contribution in [-0.2, 0) is 23.1 Å².